The van der Waals surface area contributed by atoms with Gasteiger partial charge in [-0.2, -0.15) is 0 Å². The fraction of sp³-hybridized carbons (Fsp3) is 0.188. The van der Waals surface area contributed by atoms with Crippen molar-refractivity contribution in [3.63, 3.8) is 0 Å². The number of esters is 1. The topological polar surface area (TPSA) is 68.3 Å². The highest BCUT2D eigenvalue weighted by Crippen LogP contribution is 2.31. The molecule has 0 fully saturated rings. The second-order valence-corrected chi connectivity index (χ2v) is 5.92. The second kappa shape index (κ2) is 8.33. The van der Waals surface area contributed by atoms with Gasteiger partial charge in [0.2, 0.25) is 0 Å². The molecule has 0 saturated heterocycles. The van der Waals surface area contributed by atoms with E-state index in [0.29, 0.717) is 5.69 Å². The molecular weight excluding hydrogens is 375 g/mol. The van der Waals surface area contributed by atoms with Gasteiger partial charge in [0.15, 0.2) is 12.3 Å². The molecule has 8 heteroatoms. The summed E-state index contributed by atoms with van der Waals surface area (Å²) in [6.07, 6.45) is 2.09. The van der Waals surface area contributed by atoms with Crippen LogP contribution in [-0.4, -0.2) is 23.5 Å². The molecule has 5 nitrogen and oxygen atoms in total. The first-order chi connectivity index (χ1) is 11.4. The minimum Gasteiger partial charge on any atom is -0.451 e. The number of carbonyl (C=O) groups is 2. The van der Waals surface area contributed by atoms with Crippen molar-refractivity contribution in [1.29, 1.82) is 0 Å². The minimum atomic E-state index is -0.866. The summed E-state index contributed by atoms with van der Waals surface area (Å²) >= 11 is 17.5. The van der Waals surface area contributed by atoms with E-state index in [0.717, 1.165) is 12.0 Å². The van der Waals surface area contributed by atoms with Gasteiger partial charge >= 0.3 is 5.97 Å². The normalized spacial score (nSPS) is 10.3. The van der Waals surface area contributed by atoms with Crippen molar-refractivity contribution in [2.24, 2.45) is 0 Å². The van der Waals surface area contributed by atoms with Crippen LogP contribution < -0.4 is 5.32 Å². The number of carbonyl (C=O) groups excluding carboxylic acids is 2. The molecule has 0 aliphatic carbocycles. The van der Waals surface area contributed by atoms with E-state index in [1.165, 1.54) is 6.20 Å². The molecule has 0 aliphatic rings. The number of pyridine rings is 1. The number of hydrogen-bond acceptors (Lipinski definition) is 4. The lowest BCUT2D eigenvalue weighted by molar-refractivity contribution is -0.119. The quantitative estimate of drug-likeness (QED) is 0.772. The predicted molar refractivity (Wildman–Crippen MR) is 94.0 cm³/mol. The van der Waals surface area contributed by atoms with Crippen LogP contribution in [0.1, 0.15) is 23.0 Å². The highest BCUT2D eigenvalue weighted by molar-refractivity contribution is 6.48. The Bertz CT molecular complexity index is 764. The smallest absolute Gasteiger partial charge is 0.359 e. The number of anilines is 1. The van der Waals surface area contributed by atoms with E-state index >= 15 is 0 Å². The van der Waals surface area contributed by atoms with Crippen LogP contribution in [0.15, 0.2) is 30.5 Å². The summed E-state index contributed by atoms with van der Waals surface area (Å²) in [4.78, 5) is 27.5. The van der Waals surface area contributed by atoms with E-state index in [2.05, 4.69) is 10.3 Å². The summed E-state index contributed by atoms with van der Waals surface area (Å²) in [5.41, 5.74) is 1.56. The number of nitrogens with zero attached hydrogens (tertiary/aromatic N) is 1. The Morgan fingerprint density at radius 1 is 1.12 bits per heavy atom. The SMILES string of the molecule is CCc1ccc(NC(=O)COC(=O)c2ncc(Cl)c(Cl)c2Cl)cc1. The Labute approximate surface area is 153 Å². The second-order valence-electron chi connectivity index (χ2n) is 4.76. The van der Waals surface area contributed by atoms with Crippen molar-refractivity contribution in [1.82, 2.24) is 4.98 Å². The van der Waals surface area contributed by atoms with Crippen molar-refractivity contribution < 1.29 is 14.3 Å². The molecule has 24 heavy (non-hydrogen) atoms. The molecule has 0 bridgehead atoms. The molecule has 2 rings (SSSR count). The van der Waals surface area contributed by atoms with Gasteiger partial charge in [-0.15, -0.1) is 0 Å². The average molecular weight is 388 g/mol. The summed E-state index contributed by atoms with van der Waals surface area (Å²) in [6.45, 7) is 1.56. The van der Waals surface area contributed by atoms with Crippen molar-refractivity contribution >= 4 is 52.4 Å². The third kappa shape index (κ3) is 4.60. The highest BCUT2D eigenvalue weighted by Gasteiger charge is 2.19. The summed E-state index contributed by atoms with van der Waals surface area (Å²) in [5.74, 6) is -1.35. The first kappa shape index (κ1) is 18.5. The third-order valence-corrected chi connectivity index (χ3v) is 4.33. The number of benzene rings is 1. The Hall–Kier alpha value is -1.82. The van der Waals surface area contributed by atoms with Crippen LogP contribution in [0.2, 0.25) is 15.1 Å². The molecule has 1 aromatic carbocycles. The minimum absolute atomic E-state index is 0.000693. The number of rotatable bonds is 5. The summed E-state index contributed by atoms with van der Waals surface area (Å²) in [5, 5.41) is 2.62. The third-order valence-electron chi connectivity index (χ3n) is 3.09. The lowest BCUT2D eigenvalue weighted by Gasteiger charge is -2.08. The first-order valence-electron chi connectivity index (χ1n) is 6.97. The first-order valence-corrected chi connectivity index (χ1v) is 8.11. The molecule has 0 atom stereocenters. The number of amides is 1. The van der Waals surface area contributed by atoms with Gasteiger partial charge in [0.05, 0.1) is 15.1 Å². The molecule has 2 aromatic rings. The maximum absolute atomic E-state index is 11.9. The van der Waals surface area contributed by atoms with Crippen LogP contribution >= 0.6 is 34.8 Å². The fourth-order valence-corrected chi connectivity index (χ4v) is 2.36. The largest absolute Gasteiger partial charge is 0.451 e. The standard InChI is InChI=1S/C16H13Cl3N2O3/c1-2-9-3-5-10(6-4-9)21-12(22)8-24-16(23)15-14(19)13(18)11(17)7-20-15/h3-7H,2,8H2,1H3,(H,21,22). The van der Waals surface area contributed by atoms with Gasteiger partial charge in [-0.25, -0.2) is 9.78 Å². The number of aromatic nitrogens is 1. The number of ether oxygens (including phenoxy) is 1. The van der Waals surface area contributed by atoms with E-state index in [-0.39, 0.29) is 20.8 Å². The molecular formula is C16H13Cl3N2O3. The van der Waals surface area contributed by atoms with Gasteiger partial charge in [0.1, 0.15) is 0 Å². The summed E-state index contributed by atoms with van der Waals surface area (Å²) < 4.78 is 4.88. The number of hydrogen-bond donors (Lipinski definition) is 1. The lowest BCUT2D eigenvalue weighted by atomic mass is 10.1. The summed E-state index contributed by atoms with van der Waals surface area (Å²) in [6, 6.07) is 7.36. The monoisotopic (exact) mass is 386 g/mol. The maximum atomic E-state index is 11.9. The molecule has 126 valence electrons. The molecule has 0 unspecified atom stereocenters. The van der Waals surface area contributed by atoms with Crippen LogP contribution in [0, 0.1) is 0 Å². The van der Waals surface area contributed by atoms with Crippen LogP contribution in [0.4, 0.5) is 5.69 Å². The molecule has 0 spiro atoms. The zero-order valence-electron chi connectivity index (χ0n) is 12.6. The fourth-order valence-electron chi connectivity index (χ4n) is 1.81. The molecule has 1 aromatic heterocycles. The van der Waals surface area contributed by atoms with Gasteiger partial charge in [-0.1, -0.05) is 53.9 Å². The molecule has 0 radical (unpaired) electrons. The van der Waals surface area contributed by atoms with E-state index in [9.17, 15) is 9.59 Å². The van der Waals surface area contributed by atoms with Gasteiger partial charge < -0.3 is 10.1 Å². The van der Waals surface area contributed by atoms with Crippen molar-refractivity contribution in [2.75, 3.05) is 11.9 Å². The van der Waals surface area contributed by atoms with E-state index in [4.69, 9.17) is 39.5 Å². The Morgan fingerprint density at radius 3 is 2.42 bits per heavy atom. The van der Waals surface area contributed by atoms with Gasteiger partial charge in [-0.05, 0) is 24.1 Å². The van der Waals surface area contributed by atoms with Crippen molar-refractivity contribution in [3.05, 3.63) is 56.8 Å². The average Bonchev–Trinajstić information content (AvgIpc) is 2.58. The summed E-state index contributed by atoms with van der Waals surface area (Å²) in [7, 11) is 0. The van der Waals surface area contributed by atoms with Gasteiger partial charge in [0, 0.05) is 11.9 Å². The Balaban J connectivity index is 1.93. The van der Waals surface area contributed by atoms with Crippen LogP contribution in [-0.2, 0) is 16.0 Å². The highest BCUT2D eigenvalue weighted by atomic mass is 35.5. The number of aryl methyl sites for hydroxylation is 1. The zero-order chi connectivity index (χ0) is 17.7. The van der Waals surface area contributed by atoms with E-state index < -0.39 is 18.5 Å². The Morgan fingerprint density at radius 2 is 1.79 bits per heavy atom. The predicted octanol–water partition coefficient (Wildman–Crippen LogP) is 4.40. The molecule has 0 saturated carbocycles. The maximum Gasteiger partial charge on any atom is 0.359 e. The van der Waals surface area contributed by atoms with Crippen LogP contribution in [0.25, 0.3) is 0 Å². The number of halogens is 3. The Kier molecular flexibility index (Phi) is 6.43. The van der Waals surface area contributed by atoms with E-state index in [1.807, 2.05) is 19.1 Å². The van der Waals surface area contributed by atoms with Gasteiger partial charge in [-0.3, -0.25) is 4.79 Å². The van der Waals surface area contributed by atoms with Crippen LogP contribution in [0.3, 0.4) is 0 Å². The van der Waals surface area contributed by atoms with Crippen molar-refractivity contribution in [2.45, 2.75) is 13.3 Å². The molecule has 0 aliphatic heterocycles. The molecule has 1 N–H and O–H groups in total. The van der Waals surface area contributed by atoms with Crippen molar-refractivity contribution in [3.8, 4) is 0 Å². The molecule has 1 heterocycles. The number of nitrogens with one attached hydrogen (secondary N) is 1. The zero-order valence-corrected chi connectivity index (χ0v) is 14.9. The molecule has 1 amide bonds. The lowest BCUT2D eigenvalue weighted by Crippen LogP contribution is -2.21. The van der Waals surface area contributed by atoms with Crippen LogP contribution in [0.5, 0.6) is 0 Å². The van der Waals surface area contributed by atoms with Gasteiger partial charge in [0.25, 0.3) is 5.91 Å². The van der Waals surface area contributed by atoms with E-state index in [1.54, 1.807) is 12.1 Å².